The van der Waals surface area contributed by atoms with E-state index in [1.165, 1.54) is 18.2 Å². The van der Waals surface area contributed by atoms with Crippen molar-refractivity contribution < 1.29 is 19.2 Å². The van der Waals surface area contributed by atoms with E-state index in [4.69, 9.17) is 4.74 Å². The van der Waals surface area contributed by atoms with Crippen LogP contribution < -0.4 is 15.4 Å². The number of carbonyl (C=O) groups excluding carboxylic acids is 2. The highest BCUT2D eigenvalue weighted by atomic mass is 16.6. The first-order valence-corrected chi connectivity index (χ1v) is 7.52. The molecule has 0 fully saturated rings. The molecular weight excluding hydrogens is 314 g/mol. The van der Waals surface area contributed by atoms with Crippen molar-refractivity contribution in [2.75, 3.05) is 19.7 Å². The Morgan fingerprint density at radius 3 is 2.71 bits per heavy atom. The number of nitro groups is 1. The molecule has 0 bridgehead atoms. The van der Waals surface area contributed by atoms with Gasteiger partial charge in [-0.2, -0.15) is 0 Å². The quantitative estimate of drug-likeness (QED) is 0.381. The van der Waals surface area contributed by atoms with E-state index in [0.29, 0.717) is 24.3 Å². The van der Waals surface area contributed by atoms with Crippen LogP contribution in [0.5, 0.6) is 5.75 Å². The molecule has 8 nitrogen and oxygen atoms in total. The van der Waals surface area contributed by atoms with Gasteiger partial charge in [0.25, 0.3) is 11.6 Å². The molecule has 1 aromatic carbocycles. The molecule has 0 atom stereocenters. The van der Waals surface area contributed by atoms with Crippen LogP contribution in [0.15, 0.2) is 30.9 Å². The maximum atomic E-state index is 11.7. The predicted octanol–water partition coefficient (Wildman–Crippen LogP) is 1.34. The molecule has 0 aromatic heterocycles. The van der Waals surface area contributed by atoms with Crippen LogP contribution in [-0.4, -0.2) is 36.4 Å². The van der Waals surface area contributed by atoms with Crippen LogP contribution in [0.3, 0.4) is 0 Å². The molecule has 0 aliphatic carbocycles. The van der Waals surface area contributed by atoms with Crippen LogP contribution in [0.1, 0.15) is 18.9 Å². The molecule has 24 heavy (non-hydrogen) atoms. The Kier molecular flexibility index (Phi) is 7.97. The first-order valence-electron chi connectivity index (χ1n) is 7.52. The second kappa shape index (κ2) is 9.98. The number of carbonyl (C=O) groups is 2. The van der Waals surface area contributed by atoms with Gasteiger partial charge in [0.1, 0.15) is 5.75 Å². The Labute approximate surface area is 140 Å². The van der Waals surface area contributed by atoms with Crippen LogP contribution in [-0.2, 0) is 16.0 Å². The van der Waals surface area contributed by atoms with Gasteiger partial charge >= 0.3 is 0 Å². The lowest BCUT2D eigenvalue weighted by Gasteiger charge is -2.11. The molecule has 130 valence electrons. The summed E-state index contributed by atoms with van der Waals surface area (Å²) in [4.78, 5) is 33.4. The zero-order valence-corrected chi connectivity index (χ0v) is 13.5. The number of hydrogen-bond acceptors (Lipinski definition) is 5. The van der Waals surface area contributed by atoms with Crippen molar-refractivity contribution >= 4 is 17.5 Å². The number of rotatable bonds is 10. The van der Waals surface area contributed by atoms with E-state index < -0.39 is 10.8 Å². The van der Waals surface area contributed by atoms with Crippen LogP contribution in [0, 0.1) is 10.1 Å². The van der Waals surface area contributed by atoms with Gasteiger partial charge in [0, 0.05) is 24.2 Å². The maximum Gasteiger partial charge on any atom is 0.269 e. The molecule has 0 saturated heterocycles. The molecule has 2 amide bonds. The lowest BCUT2D eigenvalue weighted by molar-refractivity contribution is -0.384. The van der Waals surface area contributed by atoms with Crippen molar-refractivity contribution in [1.82, 2.24) is 10.6 Å². The van der Waals surface area contributed by atoms with E-state index in [1.807, 2.05) is 6.92 Å². The zero-order chi connectivity index (χ0) is 17.9. The maximum absolute atomic E-state index is 11.7. The van der Waals surface area contributed by atoms with E-state index in [2.05, 4.69) is 17.2 Å². The number of ether oxygens (including phenoxy) is 1. The van der Waals surface area contributed by atoms with Crippen LogP contribution in [0.4, 0.5) is 5.69 Å². The third-order valence-electron chi connectivity index (χ3n) is 3.00. The van der Waals surface area contributed by atoms with Gasteiger partial charge < -0.3 is 15.4 Å². The fraction of sp³-hybridized carbons (Fsp3) is 0.375. The monoisotopic (exact) mass is 335 g/mol. The van der Waals surface area contributed by atoms with Gasteiger partial charge in [-0.3, -0.25) is 19.7 Å². The second-order valence-corrected chi connectivity index (χ2v) is 4.96. The predicted molar refractivity (Wildman–Crippen MR) is 88.8 cm³/mol. The fourth-order valence-corrected chi connectivity index (χ4v) is 1.84. The van der Waals surface area contributed by atoms with Gasteiger partial charge in [0.15, 0.2) is 6.61 Å². The molecule has 0 heterocycles. The van der Waals surface area contributed by atoms with Crippen molar-refractivity contribution in [2.24, 2.45) is 0 Å². The number of allylic oxidation sites excluding steroid dienone is 1. The van der Waals surface area contributed by atoms with Gasteiger partial charge in [0.05, 0.1) is 11.5 Å². The molecule has 0 aliphatic heterocycles. The summed E-state index contributed by atoms with van der Waals surface area (Å²) in [6.45, 7) is 5.66. The highest BCUT2D eigenvalue weighted by Gasteiger charge is 2.12. The lowest BCUT2D eigenvalue weighted by Crippen LogP contribution is -2.39. The van der Waals surface area contributed by atoms with Gasteiger partial charge in [-0.25, -0.2) is 0 Å². The first-order chi connectivity index (χ1) is 11.5. The molecule has 0 aliphatic rings. The highest BCUT2D eigenvalue weighted by Crippen LogP contribution is 2.24. The molecule has 0 spiro atoms. The summed E-state index contributed by atoms with van der Waals surface area (Å²) in [6.07, 6.45) is 2.77. The standard InChI is InChI=1S/C16H21N3O5/c1-3-5-12-9-13(19(22)23)6-7-14(12)24-11-16(21)18-10-15(20)17-8-4-2/h3,6-7,9H,1,4-5,8,10-11H2,2H3,(H,17,20)(H,18,21). The third kappa shape index (κ3) is 6.47. The third-order valence-corrected chi connectivity index (χ3v) is 3.00. The van der Waals surface area contributed by atoms with Crippen molar-refractivity contribution in [3.8, 4) is 5.75 Å². The summed E-state index contributed by atoms with van der Waals surface area (Å²) < 4.78 is 5.39. The van der Waals surface area contributed by atoms with Crippen LogP contribution in [0.25, 0.3) is 0 Å². The molecule has 2 N–H and O–H groups in total. The number of nitrogens with one attached hydrogen (secondary N) is 2. The average Bonchev–Trinajstić information content (AvgIpc) is 2.57. The van der Waals surface area contributed by atoms with Gasteiger partial charge in [-0.15, -0.1) is 6.58 Å². The number of amides is 2. The summed E-state index contributed by atoms with van der Waals surface area (Å²) in [6, 6.07) is 4.13. The van der Waals surface area contributed by atoms with Crippen molar-refractivity contribution in [2.45, 2.75) is 19.8 Å². The summed E-state index contributed by atoms with van der Waals surface area (Å²) in [5.74, 6) is -0.358. The highest BCUT2D eigenvalue weighted by molar-refractivity contribution is 5.85. The minimum absolute atomic E-state index is 0.0590. The minimum Gasteiger partial charge on any atom is -0.483 e. The Balaban J connectivity index is 2.56. The largest absolute Gasteiger partial charge is 0.483 e. The second-order valence-electron chi connectivity index (χ2n) is 4.96. The normalized spacial score (nSPS) is 9.88. The van der Waals surface area contributed by atoms with E-state index in [1.54, 1.807) is 6.08 Å². The van der Waals surface area contributed by atoms with Gasteiger partial charge in [0.2, 0.25) is 5.91 Å². The zero-order valence-electron chi connectivity index (χ0n) is 13.5. The van der Waals surface area contributed by atoms with E-state index in [9.17, 15) is 19.7 Å². The molecule has 0 saturated carbocycles. The average molecular weight is 335 g/mol. The van der Waals surface area contributed by atoms with Gasteiger partial charge in [-0.1, -0.05) is 13.0 Å². The van der Waals surface area contributed by atoms with E-state index in [0.717, 1.165) is 6.42 Å². The Hall–Kier alpha value is -2.90. The number of nitrogens with zero attached hydrogens (tertiary/aromatic N) is 1. The topological polar surface area (TPSA) is 111 Å². The summed E-state index contributed by atoms with van der Waals surface area (Å²) in [7, 11) is 0. The summed E-state index contributed by atoms with van der Waals surface area (Å²) in [5.41, 5.74) is 0.504. The smallest absolute Gasteiger partial charge is 0.269 e. The van der Waals surface area contributed by atoms with E-state index >= 15 is 0 Å². The van der Waals surface area contributed by atoms with Crippen molar-refractivity contribution in [3.05, 3.63) is 46.5 Å². The molecule has 8 heteroatoms. The fourth-order valence-electron chi connectivity index (χ4n) is 1.84. The first kappa shape index (κ1) is 19.1. The number of benzene rings is 1. The minimum atomic E-state index is -0.502. The molecule has 1 rings (SSSR count). The van der Waals surface area contributed by atoms with Crippen molar-refractivity contribution in [1.29, 1.82) is 0 Å². The molecule has 1 aromatic rings. The lowest BCUT2D eigenvalue weighted by atomic mass is 10.1. The Bertz CT molecular complexity index is 616. The number of hydrogen-bond donors (Lipinski definition) is 2. The van der Waals surface area contributed by atoms with Crippen molar-refractivity contribution in [3.63, 3.8) is 0 Å². The number of nitro benzene ring substituents is 1. The number of non-ortho nitro benzene ring substituents is 1. The van der Waals surface area contributed by atoms with E-state index in [-0.39, 0.29) is 24.7 Å². The Morgan fingerprint density at radius 1 is 1.33 bits per heavy atom. The SMILES string of the molecule is C=CCc1cc([N+](=O)[O-])ccc1OCC(=O)NCC(=O)NCCC. The summed E-state index contributed by atoms with van der Waals surface area (Å²) >= 11 is 0. The summed E-state index contributed by atoms with van der Waals surface area (Å²) in [5, 5.41) is 15.9. The molecular formula is C16H21N3O5. The molecule has 0 radical (unpaired) electrons. The Morgan fingerprint density at radius 2 is 2.08 bits per heavy atom. The van der Waals surface area contributed by atoms with Crippen LogP contribution >= 0.6 is 0 Å². The molecule has 0 unspecified atom stereocenters. The van der Waals surface area contributed by atoms with Gasteiger partial charge in [-0.05, 0) is 18.9 Å². The van der Waals surface area contributed by atoms with Crippen LogP contribution in [0.2, 0.25) is 0 Å².